The van der Waals surface area contributed by atoms with Crippen molar-refractivity contribution in [3.63, 3.8) is 0 Å². The van der Waals surface area contributed by atoms with Crippen LogP contribution in [-0.4, -0.2) is 46.9 Å². The Kier molecular flexibility index (Phi) is 7.31. The molecular formula is C22H27ClN4O2S. The van der Waals surface area contributed by atoms with Crippen molar-refractivity contribution in [3.8, 4) is 11.3 Å². The minimum atomic E-state index is -3.55. The highest BCUT2D eigenvalue weighted by Crippen LogP contribution is 2.25. The number of halogens is 1. The van der Waals surface area contributed by atoms with Gasteiger partial charge in [0.2, 0.25) is 0 Å². The molecule has 0 saturated heterocycles. The Hall–Kier alpha value is -2.19. The lowest BCUT2D eigenvalue weighted by molar-refractivity contribution is 0.375. The van der Waals surface area contributed by atoms with Gasteiger partial charge in [-0.2, -0.15) is 22.1 Å². The average Bonchev–Trinajstić information content (AvgIpc) is 3.13. The van der Waals surface area contributed by atoms with Gasteiger partial charge in [0.15, 0.2) is 0 Å². The number of rotatable bonds is 9. The molecule has 0 saturated carbocycles. The quantitative estimate of drug-likeness (QED) is 0.493. The van der Waals surface area contributed by atoms with E-state index in [1.165, 1.54) is 8.61 Å². The van der Waals surface area contributed by atoms with Gasteiger partial charge in [-0.1, -0.05) is 74.0 Å². The summed E-state index contributed by atoms with van der Waals surface area (Å²) in [4.78, 5) is 0. The Morgan fingerprint density at radius 2 is 1.60 bits per heavy atom. The normalized spacial score (nSPS) is 12.1. The highest BCUT2D eigenvalue weighted by molar-refractivity contribution is 7.86. The molecule has 3 aromatic rings. The molecule has 0 bridgehead atoms. The van der Waals surface area contributed by atoms with Crippen LogP contribution in [0.25, 0.3) is 11.3 Å². The van der Waals surface area contributed by atoms with Crippen molar-refractivity contribution in [2.75, 3.05) is 20.1 Å². The van der Waals surface area contributed by atoms with Crippen LogP contribution >= 0.6 is 11.6 Å². The smallest absolute Gasteiger partial charge is 0.267 e. The molecule has 1 heterocycles. The summed E-state index contributed by atoms with van der Waals surface area (Å²) >= 11 is 6.31. The first kappa shape index (κ1) is 22.5. The van der Waals surface area contributed by atoms with E-state index in [0.717, 1.165) is 22.4 Å². The fraction of sp³-hybridized carbons (Fsp3) is 0.318. The fourth-order valence-corrected chi connectivity index (χ4v) is 4.91. The maximum absolute atomic E-state index is 12.9. The summed E-state index contributed by atoms with van der Waals surface area (Å²) in [6, 6.07) is 17.4. The molecule has 0 spiro atoms. The van der Waals surface area contributed by atoms with Crippen molar-refractivity contribution in [2.45, 2.75) is 26.9 Å². The van der Waals surface area contributed by atoms with Gasteiger partial charge in [0, 0.05) is 49.0 Å². The first-order chi connectivity index (χ1) is 14.4. The fourth-order valence-electron chi connectivity index (χ4n) is 3.37. The van der Waals surface area contributed by atoms with E-state index in [0.29, 0.717) is 24.7 Å². The van der Waals surface area contributed by atoms with Crippen molar-refractivity contribution < 1.29 is 8.42 Å². The molecule has 160 valence electrons. The van der Waals surface area contributed by atoms with Crippen LogP contribution in [0.2, 0.25) is 5.02 Å². The van der Waals surface area contributed by atoms with E-state index in [4.69, 9.17) is 16.7 Å². The molecule has 0 N–H and O–H groups in total. The predicted molar refractivity (Wildman–Crippen MR) is 122 cm³/mol. The standard InChI is InChI=1S/C22H27ClN4O2S/c1-4-27(5-2)30(28,29)25(3)15-20-17-26(16-19-13-9-10-14-21(19)23)24-22(20)18-11-7-6-8-12-18/h6-14,17H,4-5,15-16H2,1-3H3. The van der Waals surface area contributed by atoms with Gasteiger partial charge in [-0.3, -0.25) is 4.68 Å². The average molecular weight is 447 g/mol. The van der Waals surface area contributed by atoms with Crippen LogP contribution in [0.1, 0.15) is 25.0 Å². The van der Waals surface area contributed by atoms with Crippen LogP contribution in [0.15, 0.2) is 60.8 Å². The van der Waals surface area contributed by atoms with Crippen molar-refractivity contribution in [1.82, 2.24) is 18.4 Å². The van der Waals surface area contributed by atoms with Crippen molar-refractivity contribution in [3.05, 3.63) is 76.9 Å². The Morgan fingerprint density at radius 3 is 2.23 bits per heavy atom. The van der Waals surface area contributed by atoms with Gasteiger partial charge in [-0.05, 0) is 11.6 Å². The van der Waals surface area contributed by atoms with Crippen LogP contribution in [0, 0.1) is 0 Å². The highest BCUT2D eigenvalue weighted by atomic mass is 35.5. The summed E-state index contributed by atoms with van der Waals surface area (Å²) in [5.41, 5.74) is 3.51. The first-order valence-electron chi connectivity index (χ1n) is 9.93. The molecular weight excluding hydrogens is 420 g/mol. The Morgan fingerprint density at radius 1 is 0.967 bits per heavy atom. The maximum atomic E-state index is 12.9. The summed E-state index contributed by atoms with van der Waals surface area (Å²) in [7, 11) is -1.94. The number of hydrogen-bond acceptors (Lipinski definition) is 3. The maximum Gasteiger partial charge on any atom is 0.282 e. The van der Waals surface area contributed by atoms with Gasteiger partial charge in [-0.15, -0.1) is 0 Å². The lowest BCUT2D eigenvalue weighted by atomic mass is 10.1. The third-order valence-electron chi connectivity index (χ3n) is 4.99. The van der Waals surface area contributed by atoms with Gasteiger partial charge in [0.25, 0.3) is 10.2 Å². The van der Waals surface area contributed by atoms with Gasteiger partial charge in [-0.25, -0.2) is 0 Å². The molecule has 3 rings (SSSR count). The van der Waals surface area contributed by atoms with Crippen LogP contribution in [0.5, 0.6) is 0 Å². The molecule has 0 fully saturated rings. The summed E-state index contributed by atoms with van der Waals surface area (Å²) in [6.45, 7) is 5.27. The van der Waals surface area contributed by atoms with E-state index in [1.807, 2.05) is 79.3 Å². The predicted octanol–water partition coefficient (Wildman–Crippen LogP) is 4.27. The van der Waals surface area contributed by atoms with Crippen LogP contribution < -0.4 is 0 Å². The molecule has 0 amide bonds. The van der Waals surface area contributed by atoms with Gasteiger partial charge in [0.05, 0.1) is 12.2 Å². The summed E-state index contributed by atoms with van der Waals surface area (Å²) in [5.74, 6) is 0. The largest absolute Gasteiger partial charge is 0.282 e. The topological polar surface area (TPSA) is 58.4 Å². The zero-order valence-corrected chi connectivity index (χ0v) is 19.1. The molecule has 8 heteroatoms. The minimum Gasteiger partial charge on any atom is -0.267 e. The zero-order chi connectivity index (χ0) is 21.7. The summed E-state index contributed by atoms with van der Waals surface area (Å²) in [5, 5.41) is 5.44. The molecule has 0 aliphatic heterocycles. The second-order valence-corrected chi connectivity index (χ2v) is 9.45. The third kappa shape index (κ3) is 4.92. The lowest BCUT2D eigenvalue weighted by Crippen LogP contribution is -2.41. The lowest BCUT2D eigenvalue weighted by Gasteiger charge is -2.25. The number of aromatic nitrogens is 2. The number of benzene rings is 2. The van der Waals surface area contributed by atoms with Crippen molar-refractivity contribution in [1.29, 1.82) is 0 Å². The van der Waals surface area contributed by atoms with E-state index < -0.39 is 10.2 Å². The van der Waals surface area contributed by atoms with Gasteiger partial charge in [0.1, 0.15) is 0 Å². The Bertz CT molecular complexity index is 1080. The SMILES string of the molecule is CCN(CC)S(=O)(=O)N(C)Cc1cn(Cc2ccccc2Cl)nc1-c1ccccc1. The molecule has 2 aromatic carbocycles. The molecule has 6 nitrogen and oxygen atoms in total. The molecule has 1 aromatic heterocycles. The zero-order valence-electron chi connectivity index (χ0n) is 17.5. The first-order valence-corrected chi connectivity index (χ1v) is 11.7. The van der Waals surface area contributed by atoms with Gasteiger partial charge >= 0.3 is 0 Å². The highest BCUT2D eigenvalue weighted by Gasteiger charge is 2.26. The second-order valence-electron chi connectivity index (χ2n) is 7.01. The van der Waals surface area contributed by atoms with E-state index in [-0.39, 0.29) is 6.54 Å². The van der Waals surface area contributed by atoms with E-state index in [2.05, 4.69) is 0 Å². The minimum absolute atomic E-state index is 0.228. The van der Waals surface area contributed by atoms with Crippen molar-refractivity contribution >= 4 is 21.8 Å². The summed E-state index contributed by atoms with van der Waals surface area (Å²) in [6.07, 6.45) is 1.90. The van der Waals surface area contributed by atoms with Crippen LogP contribution in [0.4, 0.5) is 0 Å². The van der Waals surface area contributed by atoms with E-state index in [9.17, 15) is 8.42 Å². The van der Waals surface area contributed by atoms with E-state index >= 15 is 0 Å². The van der Waals surface area contributed by atoms with E-state index in [1.54, 1.807) is 7.05 Å². The monoisotopic (exact) mass is 446 g/mol. The second kappa shape index (κ2) is 9.75. The molecule has 0 atom stereocenters. The van der Waals surface area contributed by atoms with Crippen LogP contribution in [-0.2, 0) is 23.3 Å². The molecule has 0 aliphatic rings. The Balaban J connectivity index is 1.96. The van der Waals surface area contributed by atoms with Crippen LogP contribution in [0.3, 0.4) is 0 Å². The molecule has 0 radical (unpaired) electrons. The molecule has 30 heavy (non-hydrogen) atoms. The molecule has 0 unspecified atom stereocenters. The van der Waals surface area contributed by atoms with Crippen molar-refractivity contribution in [2.24, 2.45) is 0 Å². The van der Waals surface area contributed by atoms with Gasteiger partial charge < -0.3 is 0 Å². The molecule has 0 aliphatic carbocycles. The Labute approximate surface area is 183 Å². The number of hydrogen-bond donors (Lipinski definition) is 0. The summed E-state index contributed by atoms with van der Waals surface area (Å²) < 4.78 is 30.4. The number of nitrogens with zero attached hydrogens (tertiary/aromatic N) is 4. The third-order valence-corrected chi connectivity index (χ3v) is 7.45.